The number of nitrogens with one attached hydrogen (secondary N) is 1. The fourth-order valence-electron chi connectivity index (χ4n) is 1.50. The molecule has 0 aromatic carbocycles. The Kier molecular flexibility index (Phi) is 5.94. The van der Waals surface area contributed by atoms with Gasteiger partial charge in [0.05, 0.1) is 23.9 Å². The quantitative estimate of drug-likeness (QED) is 0.415. The molecule has 19 heavy (non-hydrogen) atoms. The van der Waals surface area contributed by atoms with E-state index in [-0.39, 0.29) is 18.1 Å². The van der Waals surface area contributed by atoms with E-state index in [0.717, 1.165) is 13.0 Å². The number of nitrogens with zero attached hydrogens (tertiary/aromatic N) is 4. The molecule has 1 amide bonds. The molecule has 8 heteroatoms. The van der Waals surface area contributed by atoms with Crippen LogP contribution in [0.2, 0.25) is 0 Å². The van der Waals surface area contributed by atoms with Gasteiger partial charge in [-0.2, -0.15) is 4.68 Å². The van der Waals surface area contributed by atoms with E-state index < -0.39 is 4.92 Å². The Hall–Kier alpha value is -1.96. The molecule has 0 bridgehead atoms. The first-order chi connectivity index (χ1) is 8.99. The first-order valence-electron chi connectivity index (χ1n) is 6.08. The summed E-state index contributed by atoms with van der Waals surface area (Å²) in [6.45, 7) is 1.90. The molecule has 1 aromatic rings. The van der Waals surface area contributed by atoms with Crippen molar-refractivity contribution in [2.75, 3.05) is 27.2 Å². The lowest BCUT2D eigenvalue weighted by atomic mass is 10.3. The predicted molar refractivity (Wildman–Crippen MR) is 69.7 cm³/mol. The smallest absolute Gasteiger partial charge is 0.358 e. The second-order valence-corrected chi connectivity index (χ2v) is 4.45. The Morgan fingerprint density at radius 3 is 2.89 bits per heavy atom. The maximum atomic E-state index is 11.5. The molecule has 0 spiro atoms. The minimum atomic E-state index is -0.558. The lowest BCUT2D eigenvalue weighted by Crippen LogP contribution is -2.27. The van der Waals surface area contributed by atoms with Crippen LogP contribution in [0.25, 0.3) is 0 Å². The maximum absolute atomic E-state index is 11.5. The van der Waals surface area contributed by atoms with Crippen LogP contribution in [0.1, 0.15) is 12.8 Å². The summed E-state index contributed by atoms with van der Waals surface area (Å²) in [7, 11) is 3.96. The molecule has 0 saturated carbocycles. The van der Waals surface area contributed by atoms with Crippen molar-refractivity contribution in [1.82, 2.24) is 20.0 Å². The second-order valence-electron chi connectivity index (χ2n) is 4.45. The van der Waals surface area contributed by atoms with Crippen molar-refractivity contribution in [2.45, 2.75) is 19.4 Å². The summed E-state index contributed by atoms with van der Waals surface area (Å²) in [5.41, 5.74) is 0. The summed E-state index contributed by atoms with van der Waals surface area (Å²) in [4.78, 5) is 23.4. The normalized spacial score (nSPS) is 10.7. The molecule has 8 nitrogen and oxygen atoms in total. The Labute approximate surface area is 111 Å². The van der Waals surface area contributed by atoms with E-state index >= 15 is 0 Å². The fraction of sp³-hybridized carbons (Fsp3) is 0.636. The van der Waals surface area contributed by atoms with Crippen LogP contribution < -0.4 is 5.32 Å². The van der Waals surface area contributed by atoms with E-state index in [1.807, 2.05) is 14.1 Å². The van der Waals surface area contributed by atoms with Crippen LogP contribution in [-0.2, 0) is 11.3 Å². The van der Waals surface area contributed by atoms with Gasteiger partial charge in [-0.15, -0.1) is 0 Å². The fourth-order valence-corrected chi connectivity index (χ4v) is 1.50. The van der Waals surface area contributed by atoms with E-state index in [0.29, 0.717) is 13.1 Å². The van der Waals surface area contributed by atoms with Crippen LogP contribution >= 0.6 is 0 Å². The number of rotatable bonds is 8. The van der Waals surface area contributed by atoms with E-state index in [1.165, 1.54) is 16.9 Å². The summed E-state index contributed by atoms with van der Waals surface area (Å²) in [5.74, 6) is -0.275. The van der Waals surface area contributed by atoms with Crippen molar-refractivity contribution in [2.24, 2.45) is 0 Å². The molecule has 0 unspecified atom stereocenters. The molecule has 0 aliphatic heterocycles. The van der Waals surface area contributed by atoms with Crippen LogP contribution in [0, 0.1) is 10.1 Å². The molecule has 0 saturated heterocycles. The third-order valence-corrected chi connectivity index (χ3v) is 2.49. The number of aryl methyl sites for hydroxylation is 1. The Bertz CT molecular complexity index is 430. The van der Waals surface area contributed by atoms with Crippen molar-refractivity contribution in [3.8, 4) is 0 Å². The molecule has 0 atom stereocenters. The molecular formula is C11H19N5O3. The van der Waals surface area contributed by atoms with Gasteiger partial charge in [-0.25, -0.2) is 0 Å². The number of nitro groups is 1. The van der Waals surface area contributed by atoms with E-state index in [9.17, 15) is 14.9 Å². The topological polar surface area (TPSA) is 93.3 Å². The van der Waals surface area contributed by atoms with Gasteiger partial charge in [0, 0.05) is 13.0 Å². The van der Waals surface area contributed by atoms with Crippen molar-refractivity contribution < 1.29 is 9.72 Å². The standard InChI is InChI=1S/C11H19N5O3/c1-14(2)7-3-6-12-11(17)5-9-15-8-4-10(13-15)16(18)19/h4,8H,3,5-7,9H2,1-2H3,(H,12,17). The highest BCUT2D eigenvalue weighted by Crippen LogP contribution is 2.05. The second kappa shape index (κ2) is 7.47. The number of amides is 1. The van der Waals surface area contributed by atoms with Crippen molar-refractivity contribution in [1.29, 1.82) is 0 Å². The Morgan fingerprint density at radius 1 is 1.58 bits per heavy atom. The highest BCUT2D eigenvalue weighted by Gasteiger charge is 2.11. The van der Waals surface area contributed by atoms with Gasteiger partial charge in [-0.05, 0) is 32.0 Å². The average molecular weight is 269 g/mol. The number of hydrogen-bond acceptors (Lipinski definition) is 5. The minimum absolute atomic E-state index is 0.0723. The third-order valence-electron chi connectivity index (χ3n) is 2.49. The Balaban J connectivity index is 2.20. The minimum Gasteiger partial charge on any atom is -0.358 e. The lowest BCUT2D eigenvalue weighted by Gasteiger charge is -2.09. The number of carbonyl (C=O) groups excluding carboxylic acids is 1. The monoisotopic (exact) mass is 269 g/mol. The third kappa shape index (κ3) is 5.96. The predicted octanol–water partition coefficient (Wildman–Crippen LogP) is 0.249. The van der Waals surface area contributed by atoms with E-state index in [2.05, 4.69) is 15.3 Å². The SMILES string of the molecule is CN(C)CCCNC(=O)CCn1ccc([N+](=O)[O-])n1. The summed E-state index contributed by atoms with van der Waals surface area (Å²) in [6, 6.07) is 1.31. The molecule has 0 aliphatic carbocycles. The van der Waals surface area contributed by atoms with Gasteiger partial charge in [0.25, 0.3) is 0 Å². The maximum Gasteiger partial charge on any atom is 0.389 e. The first-order valence-corrected chi connectivity index (χ1v) is 6.08. The van der Waals surface area contributed by atoms with Crippen molar-refractivity contribution in [3.05, 3.63) is 22.4 Å². The average Bonchev–Trinajstić information content (AvgIpc) is 2.81. The highest BCUT2D eigenvalue weighted by molar-refractivity contribution is 5.75. The Morgan fingerprint density at radius 2 is 2.32 bits per heavy atom. The summed E-state index contributed by atoms with van der Waals surface area (Å²) < 4.78 is 1.40. The van der Waals surface area contributed by atoms with E-state index in [1.54, 1.807) is 0 Å². The lowest BCUT2D eigenvalue weighted by molar-refractivity contribution is -0.389. The van der Waals surface area contributed by atoms with Gasteiger partial charge in [0.15, 0.2) is 0 Å². The molecule has 1 rings (SSSR count). The molecule has 0 fully saturated rings. The summed E-state index contributed by atoms with van der Waals surface area (Å²) in [5, 5.41) is 17.0. The number of carbonyl (C=O) groups is 1. The molecule has 0 radical (unpaired) electrons. The van der Waals surface area contributed by atoms with Crippen molar-refractivity contribution in [3.63, 3.8) is 0 Å². The van der Waals surface area contributed by atoms with Gasteiger partial charge < -0.3 is 20.3 Å². The van der Waals surface area contributed by atoms with Crippen LogP contribution in [0.5, 0.6) is 0 Å². The molecule has 1 heterocycles. The molecule has 0 aliphatic rings. The molecule has 1 aromatic heterocycles. The summed E-state index contributed by atoms with van der Waals surface area (Å²) in [6.07, 6.45) is 2.66. The number of hydrogen-bond donors (Lipinski definition) is 1. The van der Waals surface area contributed by atoms with Crippen LogP contribution in [0.4, 0.5) is 5.82 Å². The molecular weight excluding hydrogens is 250 g/mol. The van der Waals surface area contributed by atoms with Crippen LogP contribution in [0.15, 0.2) is 12.3 Å². The highest BCUT2D eigenvalue weighted by atomic mass is 16.6. The van der Waals surface area contributed by atoms with E-state index in [4.69, 9.17) is 0 Å². The largest absolute Gasteiger partial charge is 0.389 e. The zero-order valence-electron chi connectivity index (χ0n) is 11.2. The zero-order chi connectivity index (χ0) is 14.3. The number of aromatic nitrogens is 2. The van der Waals surface area contributed by atoms with Gasteiger partial charge in [-0.3, -0.25) is 4.79 Å². The van der Waals surface area contributed by atoms with Gasteiger partial charge >= 0.3 is 5.82 Å². The van der Waals surface area contributed by atoms with Gasteiger partial charge in [0.1, 0.15) is 0 Å². The first kappa shape index (κ1) is 15.1. The van der Waals surface area contributed by atoms with Gasteiger partial charge in [-0.1, -0.05) is 0 Å². The molecule has 106 valence electrons. The van der Waals surface area contributed by atoms with Crippen LogP contribution in [0.3, 0.4) is 0 Å². The molecule has 1 N–H and O–H groups in total. The van der Waals surface area contributed by atoms with Crippen molar-refractivity contribution >= 4 is 11.7 Å². The van der Waals surface area contributed by atoms with Crippen LogP contribution in [-0.4, -0.2) is 52.7 Å². The zero-order valence-corrected chi connectivity index (χ0v) is 11.2. The summed E-state index contributed by atoms with van der Waals surface area (Å²) >= 11 is 0. The van der Waals surface area contributed by atoms with Gasteiger partial charge in [0.2, 0.25) is 5.91 Å².